The molecule has 1 aliphatic carbocycles. The third-order valence-corrected chi connectivity index (χ3v) is 5.53. The number of hydrogen-bond acceptors (Lipinski definition) is 5. The van der Waals surface area contributed by atoms with Gasteiger partial charge in [-0.05, 0) is 31.9 Å². The van der Waals surface area contributed by atoms with E-state index in [1.807, 2.05) is 6.92 Å². The van der Waals surface area contributed by atoms with Gasteiger partial charge in [-0.3, -0.25) is 0 Å². The van der Waals surface area contributed by atoms with E-state index in [9.17, 15) is 0 Å². The minimum atomic E-state index is 0.121. The Bertz CT molecular complexity index is 861. The van der Waals surface area contributed by atoms with Crippen molar-refractivity contribution in [2.24, 2.45) is 11.8 Å². The highest BCUT2D eigenvalue weighted by atomic mass is 35.5. The van der Waals surface area contributed by atoms with Gasteiger partial charge in [0.1, 0.15) is 18.2 Å². The molecule has 2 unspecified atom stereocenters. The van der Waals surface area contributed by atoms with Crippen LogP contribution in [0.1, 0.15) is 24.8 Å². The van der Waals surface area contributed by atoms with Crippen molar-refractivity contribution in [2.75, 3.05) is 13.2 Å². The zero-order chi connectivity index (χ0) is 18.8. The fraction of sp³-hybridized carbons (Fsp3) is 0.450. The summed E-state index contributed by atoms with van der Waals surface area (Å²) < 4.78 is 17.9. The minimum Gasteiger partial charge on any atom is -0.473 e. The summed E-state index contributed by atoms with van der Waals surface area (Å²) in [7, 11) is 0. The summed E-state index contributed by atoms with van der Waals surface area (Å²) in [6.07, 6.45) is 5.04. The van der Waals surface area contributed by atoms with Crippen molar-refractivity contribution in [2.45, 2.75) is 32.3 Å². The second-order valence-electron chi connectivity index (χ2n) is 7.01. The Balaban J connectivity index is 1.55. The zero-order valence-corrected chi connectivity index (χ0v) is 15.8. The van der Waals surface area contributed by atoms with Crippen LogP contribution in [0, 0.1) is 25.3 Å². The lowest BCUT2D eigenvalue weighted by molar-refractivity contribution is -0.0920. The minimum absolute atomic E-state index is 0.121. The number of hydrogen-bond donors (Lipinski definition) is 0. The molecule has 2 heterocycles. The second-order valence-corrected chi connectivity index (χ2v) is 7.42. The van der Waals surface area contributed by atoms with Crippen LogP contribution in [-0.4, -0.2) is 29.3 Å². The fourth-order valence-electron chi connectivity index (χ4n) is 3.79. The summed E-state index contributed by atoms with van der Waals surface area (Å²) in [5, 5.41) is 0.364. The lowest BCUT2D eigenvalue weighted by Crippen LogP contribution is -2.46. The SMILES string of the molecule is [C-]#[N+]c1ccc(Oc2ncnc(OC3C4CCCC3COC4)c2C)c(Cl)c1. The maximum Gasteiger partial charge on any atom is 0.229 e. The van der Waals surface area contributed by atoms with E-state index in [0.29, 0.717) is 40.1 Å². The fourth-order valence-corrected chi connectivity index (χ4v) is 4.00. The highest BCUT2D eigenvalue weighted by Crippen LogP contribution is 2.38. The average molecular weight is 386 g/mol. The van der Waals surface area contributed by atoms with Crippen molar-refractivity contribution in [3.8, 4) is 17.5 Å². The molecule has 2 fully saturated rings. The molecule has 6 nitrogen and oxygen atoms in total. The average Bonchev–Trinajstić information content (AvgIpc) is 2.66. The Labute approximate surface area is 163 Å². The second kappa shape index (κ2) is 7.71. The van der Waals surface area contributed by atoms with E-state index in [-0.39, 0.29) is 6.10 Å². The lowest BCUT2D eigenvalue weighted by atomic mass is 9.77. The monoisotopic (exact) mass is 385 g/mol. The molecule has 1 aromatic heterocycles. The molecule has 140 valence electrons. The predicted molar refractivity (Wildman–Crippen MR) is 101 cm³/mol. The Morgan fingerprint density at radius 1 is 1.19 bits per heavy atom. The molecular formula is C20H20ClN3O3. The van der Waals surface area contributed by atoms with Crippen LogP contribution in [0.15, 0.2) is 24.5 Å². The summed E-state index contributed by atoms with van der Waals surface area (Å²) in [5.74, 6) is 2.20. The highest BCUT2D eigenvalue weighted by molar-refractivity contribution is 6.32. The molecule has 2 atom stereocenters. The molecule has 0 spiro atoms. The molecular weight excluding hydrogens is 366 g/mol. The Kier molecular flexibility index (Phi) is 5.15. The van der Waals surface area contributed by atoms with Gasteiger partial charge in [-0.2, -0.15) is 0 Å². The molecule has 0 amide bonds. The molecule has 2 bridgehead atoms. The van der Waals surface area contributed by atoms with Crippen molar-refractivity contribution < 1.29 is 14.2 Å². The molecule has 27 heavy (non-hydrogen) atoms. The highest BCUT2D eigenvalue weighted by Gasteiger charge is 2.39. The van der Waals surface area contributed by atoms with Gasteiger partial charge in [-0.1, -0.05) is 24.1 Å². The van der Waals surface area contributed by atoms with E-state index in [1.54, 1.807) is 18.2 Å². The molecule has 2 aromatic rings. The van der Waals surface area contributed by atoms with Crippen molar-refractivity contribution >= 4 is 17.3 Å². The molecule has 1 aliphatic heterocycles. The number of ether oxygens (including phenoxy) is 3. The van der Waals surface area contributed by atoms with Gasteiger partial charge in [0.2, 0.25) is 11.8 Å². The zero-order valence-electron chi connectivity index (χ0n) is 15.0. The number of rotatable bonds is 4. The molecule has 1 aromatic carbocycles. The normalized spacial score (nSPS) is 24.1. The first-order valence-corrected chi connectivity index (χ1v) is 9.44. The summed E-state index contributed by atoms with van der Waals surface area (Å²) >= 11 is 6.21. The van der Waals surface area contributed by atoms with Gasteiger partial charge in [0.15, 0.2) is 5.69 Å². The largest absolute Gasteiger partial charge is 0.473 e. The van der Waals surface area contributed by atoms with Crippen molar-refractivity contribution in [3.63, 3.8) is 0 Å². The number of nitrogens with zero attached hydrogens (tertiary/aromatic N) is 3. The standard InChI is InChI=1S/C20H20ClN3O3/c1-12-19(26-17-7-6-15(22-2)8-16(17)21)23-11-24-20(12)27-18-13-4-3-5-14(18)10-25-9-13/h6-8,11,13-14,18H,3-5,9-10H2,1H3. The van der Waals surface area contributed by atoms with Crippen LogP contribution in [0.3, 0.4) is 0 Å². The van der Waals surface area contributed by atoms with E-state index in [4.69, 9.17) is 32.4 Å². The first-order chi connectivity index (χ1) is 13.2. The van der Waals surface area contributed by atoms with Gasteiger partial charge < -0.3 is 14.2 Å². The van der Waals surface area contributed by atoms with Crippen LogP contribution in [0.4, 0.5) is 5.69 Å². The predicted octanol–water partition coefficient (Wildman–Crippen LogP) is 4.98. The van der Waals surface area contributed by atoms with Crippen LogP contribution < -0.4 is 9.47 Å². The van der Waals surface area contributed by atoms with Gasteiger partial charge >= 0.3 is 0 Å². The Hall–Kier alpha value is -2.36. The van der Waals surface area contributed by atoms with Crippen LogP contribution in [0.5, 0.6) is 17.5 Å². The number of benzene rings is 1. The van der Waals surface area contributed by atoms with E-state index in [0.717, 1.165) is 31.6 Å². The first-order valence-electron chi connectivity index (χ1n) is 9.06. The van der Waals surface area contributed by atoms with E-state index in [1.165, 1.54) is 12.7 Å². The Morgan fingerprint density at radius 3 is 2.63 bits per heavy atom. The lowest BCUT2D eigenvalue weighted by Gasteiger charge is -2.41. The number of halogens is 1. The van der Waals surface area contributed by atoms with E-state index >= 15 is 0 Å². The quantitative estimate of drug-likeness (QED) is 0.695. The van der Waals surface area contributed by atoms with Gasteiger partial charge in [0, 0.05) is 11.8 Å². The van der Waals surface area contributed by atoms with Crippen LogP contribution in [0.25, 0.3) is 4.85 Å². The van der Waals surface area contributed by atoms with Crippen LogP contribution >= 0.6 is 11.6 Å². The first kappa shape index (κ1) is 18.0. The Morgan fingerprint density at radius 2 is 1.93 bits per heavy atom. The van der Waals surface area contributed by atoms with E-state index in [2.05, 4.69) is 14.8 Å². The third-order valence-electron chi connectivity index (χ3n) is 5.23. The third kappa shape index (κ3) is 3.71. The summed E-state index contributed by atoms with van der Waals surface area (Å²) in [4.78, 5) is 11.9. The molecule has 2 aliphatic rings. The molecule has 1 saturated heterocycles. The van der Waals surface area contributed by atoms with Crippen molar-refractivity contribution in [1.29, 1.82) is 0 Å². The molecule has 0 radical (unpaired) electrons. The number of fused-ring (bicyclic) bond motifs is 2. The van der Waals surface area contributed by atoms with E-state index < -0.39 is 0 Å². The maximum absolute atomic E-state index is 7.05. The molecule has 4 rings (SSSR count). The van der Waals surface area contributed by atoms with Gasteiger partial charge in [-0.15, -0.1) is 0 Å². The summed E-state index contributed by atoms with van der Waals surface area (Å²) in [5.41, 5.74) is 1.19. The van der Waals surface area contributed by atoms with Gasteiger partial charge in [-0.25, -0.2) is 14.8 Å². The summed E-state index contributed by atoms with van der Waals surface area (Å²) in [6, 6.07) is 4.90. The summed E-state index contributed by atoms with van der Waals surface area (Å²) in [6.45, 7) is 10.4. The molecule has 0 N–H and O–H groups in total. The van der Waals surface area contributed by atoms with Crippen molar-refractivity contribution in [3.05, 3.63) is 46.5 Å². The van der Waals surface area contributed by atoms with Crippen LogP contribution in [-0.2, 0) is 4.74 Å². The topological polar surface area (TPSA) is 57.8 Å². The number of aromatic nitrogens is 2. The van der Waals surface area contributed by atoms with Crippen LogP contribution in [0.2, 0.25) is 5.02 Å². The molecule has 1 saturated carbocycles. The maximum atomic E-state index is 7.05. The smallest absolute Gasteiger partial charge is 0.229 e. The van der Waals surface area contributed by atoms with Crippen molar-refractivity contribution in [1.82, 2.24) is 9.97 Å². The van der Waals surface area contributed by atoms with Gasteiger partial charge in [0.05, 0.1) is 30.4 Å². The molecule has 7 heteroatoms. The van der Waals surface area contributed by atoms with Gasteiger partial charge in [0.25, 0.3) is 0 Å².